The monoisotopic (exact) mass is 221 g/mol. The first-order valence-corrected chi connectivity index (χ1v) is 5.54. The summed E-state index contributed by atoms with van der Waals surface area (Å²) in [5, 5.41) is 3.04. The van der Waals surface area contributed by atoms with Crippen LogP contribution in [0.1, 0.15) is 28.3 Å². The van der Waals surface area contributed by atoms with Crippen LogP contribution in [-0.2, 0) is 6.54 Å². The smallest absolute Gasteiger partial charge is 0.168 e. The van der Waals surface area contributed by atoms with Gasteiger partial charge >= 0.3 is 0 Å². The largest absolute Gasteiger partial charge is 0.328 e. The fourth-order valence-corrected chi connectivity index (χ4v) is 2.12. The van der Waals surface area contributed by atoms with Crippen LogP contribution >= 0.6 is 11.3 Å². The SMILES string of the molecule is CC(Cn1cncc1C=O)c1nccs1. The molecule has 78 valence electrons. The van der Waals surface area contributed by atoms with E-state index in [-0.39, 0.29) is 0 Å². The van der Waals surface area contributed by atoms with E-state index in [0.29, 0.717) is 11.6 Å². The van der Waals surface area contributed by atoms with Crippen molar-refractivity contribution in [1.29, 1.82) is 0 Å². The average Bonchev–Trinajstić information content (AvgIpc) is 2.87. The summed E-state index contributed by atoms with van der Waals surface area (Å²) in [5.41, 5.74) is 0.610. The lowest BCUT2D eigenvalue weighted by Gasteiger charge is -2.09. The third kappa shape index (κ3) is 2.12. The van der Waals surface area contributed by atoms with Crippen molar-refractivity contribution in [3.05, 3.63) is 34.8 Å². The summed E-state index contributed by atoms with van der Waals surface area (Å²) in [6, 6.07) is 0. The van der Waals surface area contributed by atoms with Crippen LogP contribution in [-0.4, -0.2) is 20.8 Å². The van der Waals surface area contributed by atoms with Crippen LogP contribution in [0.3, 0.4) is 0 Å². The van der Waals surface area contributed by atoms with Crippen LogP contribution in [0.2, 0.25) is 0 Å². The zero-order valence-electron chi connectivity index (χ0n) is 8.33. The predicted molar refractivity (Wildman–Crippen MR) is 58.1 cm³/mol. The van der Waals surface area contributed by atoms with E-state index in [9.17, 15) is 4.79 Å². The van der Waals surface area contributed by atoms with Crippen LogP contribution in [0, 0.1) is 0 Å². The average molecular weight is 221 g/mol. The Morgan fingerprint density at radius 1 is 1.67 bits per heavy atom. The molecule has 2 heterocycles. The highest BCUT2D eigenvalue weighted by Gasteiger charge is 2.10. The van der Waals surface area contributed by atoms with E-state index in [1.54, 1.807) is 30.1 Å². The number of rotatable bonds is 4. The van der Waals surface area contributed by atoms with Crippen molar-refractivity contribution in [2.45, 2.75) is 19.4 Å². The number of aldehydes is 1. The van der Waals surface area contributed by atoms with E-state index in [1.807, 2.05) is 9.95 Å². The van der Waals surface area contributed by atoms with Gasteiger partial charge in [0.05, 0.1) is 17.5 Å². The van der Waals surface area contributed by atoms with Crippen molar-refractivity contribution in [2.24, 2.45) is 0 Å². The fraction of sp³-hybridized carbons (Fsp3) is 0.300. The lowest BCUT2D eigenvalue weighted by atomic mass is 10.2. The third-order valence-electron chi connectivity index (χ3n) is 2.21. The van der Waals surface area contributed by atoms with Crippen LogP contribution in [0.25, 0.3) is 0 Å². The Morgan fingerprint density at radius 2 is 2.53 bits per heavy atom. The molecule has 2 rings (SSSR count). The van der Waals surface area contributed by atoms with E-state index >= 15 is 0 Å². The first kappa shape index (κ1) is 10.0. The Balaban J connectivity index is 2.12. The van der Waals surface area contributed by atoms with E-state index in [2.05, 4.69) is 16.9 Å². The molecule has 0 aromatic carbocycles. The van der Waals surface area contributed by atoms with E-state index in [4.69, 9.17) is 0 Å². The molecule has 1 atom stereocenters. The normalized spacial score (nSPS) is 12.6. The Bertz CT molecular complexity index is 435. The van der Waals surface area contributed by atoms with Crippen LogP contribution < -0.4 is 0 Å². The minimum atomic E-state index is 0.304. The van der Waals surface area contributed by atoms with Gasteiger partial charge in [-0.2, -0.15) is 0 Å². The molecule has 2 aromatic heterocycles. The maximum absolute atomic E-state index is 10.7. The number of thiazole rings is 1. The maximum atomic E-state index is 10.7. The molecule has 2 aromatic rings. The second-order valence-corrected chi connectivity index (χ2v) is 4.29. The molecule has 0 saturated heterocycles. The Hall–Kier alpha value is -1.49. The summed E-state index contributed by atoms with van der Waals surface area (Å²) in [7, 11) is 0. The van der Waals surface area contributed by atoms with E-state index in [1.165, 1.54) is 0 Å². The predicted octanol–water partition coefficient (Wildman–Crippen LogP) is 1.96. The number of carbonyl (C=O) groups excluding carboxylic acids is 1. The van der Waals surface area contributed by atoms with Gasteiger partial charge in [-0.1, -0.05) is 6.92 Å². The first-order chi connectivity index (χ1) is 7.31. The van der Waals surface area contributed by atoms with Crippen LogP contribution in [0.15, 0.2) is 24.1 Å². The molecule has 5 heteroatoms. The number of hydrogen-bond acceptors (Lipinski definition) is 4. The number of nitrogens with zero attached hydrogens (tertiary/aromatic N) is 3. The van der Waals surface area contributed by atoms with Gasteiger partial charge in [-0.25, -0.2) is 9.97 Å². The number of carbonyl (C=O) groups is 1. The van der Waals surface area contributed by atoms with Gasteiger partial charge in [-0.15, -0.1) is 11.3 Å². The standard InChI is InChI=1S/C10H11N3OS/c1-8(10-12-2-3-15-10)5-13-7-11-4-9(13)6-14/h2-4,6-8H,5H2,1H3. The minimum absolute atomic E-state index is 0.304. The fourth-order valence-electron chi connectivity index (χ4n) is 1.43. The van der Waals surface area contributed by atoms with Crippen molar-refractivity contribution in [2.75, 3.05) is 0 Å². The van der Waals surface area contributed by atoms with Gasteiger partial charge < -0.3 is 4.57 Å². The molecule has 0 bridgehead atoms. The third-order valence-corrected chi connectivity index (χ3v) is 3.22. The van der Waals surface area contributed by atoms with Gasteiger partial charge in [0.15, 0.2) is 6.29 Å². The zero-order valence-corrected chi connectivity index (χ0v) is 9.15. The molecule has 15 heavy (non-hydrogen) atoms. The summed E-state index contributed by atoms with van der Waals surface area (Å²) in [4.78, 5) is 18.9. The van der Waals surface area contributed by atoms with Crippen molar-refractivity contribution in [3.63, 3.8) is 0 Å². The Labute approximate surface area is 91.6 Å². The minimum Gasteiger partial charge on any atom is -0.328 e. The summed E-state index contributed by atoms with van der Waals surface area (Å²) >= 11 is 1.63. The first-order valence-electron chi connectivity index (χ1n) is 4.66. The summed E-state index contributed by atoms with van der Waals surface area (Å²) in [6.07, 6.45) is 5.86. The zero-order chi connectivity index (χ0) is 10.7. The van der Waals surface area contributed by atoms with Gasteiger partial charge in [0, 0.05) is 24.0 Å². The van der Waals surface area contributed by atoms with Gasteiger partial charge in [-0.3, -0.25) is 4.79 Å². The van der Waals surface area contributed by atoms with E-state index < -0.39 is 0 Å². The highest BCUT2D eigenvalue weighted by molar-refractivity contribution is 7.09. The number of imidazole rings is 1. The molecule has 0 aliphatic heterocycles. The van der Waals surface area contributed by atoms with E-state index in [0.717, 1.165) is 17.8 Å². The van der Waals surface area contributed by atoms with Gasteiger partial charge in [0.25, 0.3) is 0 Å². The van der Waals surface area contributed by atoms with Crippen molar-refractivity contribution in [3.8, 4) is 0 Å². The molecular formula is C10H11N3OS. The highest BCUT2D eigenvalue weighted by Crippen LogP contribution is 2.19. The topological polar surface area (TPSA) is 47.8 Å². The quantitative estimate of drug-likeness (QED) is 0.741. The highest BCUT2D eigenvalue weighted by atomic mass is 32.1. The van der Waals surface area contributed by atoms with Crippen LogP contribution in [0.5, 0.6) is 0 Å². The molecule has 0 spiro atoms. The Morgan fingerprint density at radius 3 is 3.20 bits per heavy atom. The summed E-state index contributed by atoms with van der Waals surface area (Å²) in [6.45, 7) is 2.83. The molecular weight excluding hydrogens is 210 g/mol. The molecule has 0 aliphatic carbocycles. The number of hydrogen-bond donors (Lipinski definition) is 0. The summed E-state index contributed by atoms with van der Waals surface area (Å²) in [5.74, 6) is 0.304. The summed E-state index contributed by atoms with van der Waals surface area (Å²) < 4.78 is 1.85. The lowest BCUT2D eigenvalue weighted by Crippen LogP contribution is -2.07. The van der Waals surface area contributed by atoms with Gasteiger partial charge in [0.1, 0.15) is 5.69 Å². The molecule has 0 N–H and O–H groups in total. The molecule has 0 fully saturated rings. The molecule has 0 aliphatic rings. The van der Waals surface area contributed by atoms with Crippen molar-refractivity contribution >= 4 is 17.6 Å². The van der Waals surface area contributed by atoms with Gasteiger partial charge in [-0.05, 0) is 0 Å². The second-order valence-electron chi connectivity index (χ2n) is 3.36. The molecule has 0 amide bonds. The van der Waals surface area contributed by atoms with Gasteiger partial charge in [0.2, 0.25) is 0 Å². The number of aromatic nitrogens is 3. The Kier molecular flexibility index (Phi) is 2.91. The molecule has 4 nitrogen and oxygen atoms in total. The molecule has 1 unspecified atom stereocenters. The maximum Gasteiger partial charge on any atom is 0.168 e. The lowest BCUT2D eigenvalue weighted by molar-refractivity contribution is 0.111. The second kappa shape index (κ2) is 4.35. The molecule has 0 radical (unpaired) electrons. The molecule has 0 saturated carbocycles. The van der Waals surface area contributed by atoms with Crippen LogP contribution in [0.4, 0.5) is 0 Å². The van der Waals surface area contributed by atoms with Crippen molar-refractivity contribution in [1.82, 2.24) is 14.5 Å². The van der Waals surface area contributed by atoms with Crippen molar-refractivity contribution < 1.29 is 4.79 Å².